The van der Waals surface area contributed by atoms with Gasteiger partial charge in [0, 0.05) is 25.6 Å². The van der Waals surface area contributed by atoms with E-state index >= 15 is 0 Å². The van der Waals surface area contributed by atoms with Crippen molar-refractivity contribution in [3.63, 3.8) is 0 Å². The second-order valence-corrected chi connectivity index (χ2v) is 13.0. The molecule has 6 nitrogen and oxygen atoms in total. The normalized spacial score (nSPS) is 28.3. The molecule has 0 radical (unpaired) electrons. The molecule has 24 heavy (non-hydrogen) atoms. The van der Waals surface area contributed by atoms with Gasteiger partial charge in [-0.15, -0.1) is 0 Å². The van der Waals surface area contributed by atoms with Crippen molar-refractivity contribution in [3.05, 3.63) is 0 Å². The van der Waals surface area contributed by atoms with Crippen molar-refractivity contribution in [3.8, 4) is 0 Å². The number of ether oxygens (including phenoxy) is 3. The zero-order valence-corrected chi connectivity index (χ0v) is 18.1. The van der Waals surface area contributed by atoms with Crippen LogP contribution in [0.15, 0.2) is 0 Å². The first-order chi connectivity index (χ1) is 10.9. The van der Waals surface area contributed by atoms with Crippen LogP contribution in [0, 0.1) is 0 Å². The summed E-state index contributed by atoms with van der Waals surface area (Å²) in [5.74, 6) is -0.820. The Hall–Kier alpha value is -0.443. The van der Waals surface area contributed by atoms with Gasteiger partial charge in [0.1, 0.15) is 12.2 Å². The maximum atomic E-state index is 11.5. The Morgan fingerprint density at radius 3 is 2.12 bits per heavy atom. The third kappa shape index (κ3) is 5.82. The van der Waals surface area contributed by atoms with Gasteiger partial charge in [-0.25, -0.2) is 0 Å². The fourth-order valence-electron chi connectivity index (χ4n) is 2.27. The van der Waals surface area contributed by atoms with Gasteiger partial charge in [0.05, 0.1) is 6.10 Å². The minimum Gasteiger partial charge on any atom is -0.459 e. The Morgan fingerprint density at radius 2 is 1.71 bits per heavy atom. The van der Waals surface area contributed by atoms with E-state index in [4.69, 9.17) is 18.6 Å². The number of halogens is 1. The number of esters is 2. The molecule has 0 aliphatic carbocycles. The van der Waals surface area contributed by atoms with Gasteiger partial charge in [-0.3, -0.25) is 9.59 Å². The Bertz CT molecular complexity index is 462. The van der Waals surface area contributed by atoms with Crippen LogP contribution in [0.3, 0.4) is 0 Å². The molecule has 1 fully saturated rings. The molecule has 0 amide bonds. The molecule has 0 aromatic heterocycles. The average molecular weight is 425 g/mol. The molecule has 1 saturated heterocycles. The molecule has 1 aliphatic heterocycles. The SMILES string of the molecule is CC(=O)OC1C[C@@H](OC(C)=O)[C@H](O[Si](C)(C)C(C)(C)C)[C@@H](CBr)O1. The molecule has 0 saturated carbocycles. The van der Waals surface area contributed by atoms with E-state index < -0.39 is 32.8 Å². The number of carbonyl (C=O) groups excluding carboxylic acids is 2. The van der Waals surface area contributed by atoms with E-state index in [0.29, 0.717) is 5.33 Å². The quantitative estimate of drug-likeness (QED) is 0.382. The lowest BCUT2D eigenvalue weighted by molar-refractivity contribution is -0.240. The third-order valence-electron chi connectivity index (χ3n) is 4.49. The molecule has 1 rings (SSSR count). The Morgan fingerprint density at radius 1 is 1.17 bits per heavy atom. The van der Waals surface area contributed by atoms with Crippen molar-refractivity contribution in [1.29, 1.82) is 0 Å². The molecule has 0 spiro atoms. The second kappa shape index (κ2) is 8.29. The first kappa shape index (κ1) is 21.6. The predicted octanol–water partition coefficient (Wildman–Crippen LogP) is 3.38. The monoisotopic (exact) mass is 424 g/mol. The van der Waals surface area contributed by atoms with Crippen molar-refractivity contribution in [2.45, 2.75) is 83.8 Å². The molecular formula is C16H29BrO6Si. The Kier molecular flexibility index (Phi) is 7.46. The summed E-state index contributed by atoms with van der Waals surface area (Å²) in [6, 6.07) is 0. The van der Waals surface area contributed by atoms with Gasteiger partial charge in [-0.05, 0) is 18.1 Å². The van der Waals surface area contributed by atoms with E-state index in [1.807, 2.05) is 0 Å². The molecule has 1 heterocycles. The lowest BCUT2D eigenvalue weighted by Gasteiger charge is -2.46. The highest BCUT2D eigenvalue weighted by Crippen LogP contribution is 2.40. The van der Waals surface area contributed by atoms with Crippen LogP contribution in [0.1, 0.15) is 41.0 Å². The van der Waals surface area contributed by atoms with E-state index in [9.17, 15) is 9.59 Å². The lowest BCUT2D eigenvalue weighted by Crippen LogP contribution is -2.57. The predicted molar refractivity (Wildman–Crippen MR) is 96.5 cm³/mol. The summed E-state index contributed by atoms with van der Waals surface area (Å²) < 4.78 is 23.0. The topological polar surface area (TPSA) is 71.1 Å². The molecule has 1 aliphatic rings. The smallest absolute Gasteiger partial charge is 0.304 e. The first-order valence-electron chi connectivity index (χ1n) is 8.11. The molecule has 4 atom stereocenters. The number of carbonyl (C=O) groups is 2. The van der Waals surface area contributed by atoms with Gasteiger partial charge in [-0.1, -0.05) is 36.7 Å². The lowest BCUT2D eigenvalue weighted by atomic mass is 10.0. The van der Waals surface area contributed by atoms with Crippen molar-refractivity contribution < 1.29 is 28.2 Å². The summed E-state index contributed by atoms with van der Waals surface area (Å²) in [5, 5.41) is 0.499. The van der Waals surface area contributed by atoms with Crippen LogP contribution in [-0.2, 0) is 28.2 Å². The minimum absolute atomic E-state index is 0.0113. The maximum Gasteiger partial charge on any atom is 0.304 e. The second-order valence-electron chi connectivity index (χ2n) is 7.59. The number of rotatable bonds is 5. The van der Waals surface area contributed by atoms with E-state index in [1.165, 1.54) is 13.8 Å². The highest BCUT2D eigenvalue weighted by atomic mass is 79.9. The van der Waals surface area contributed by atoms with E-state index in [-0.39, 0.29) is 23.5 Å². The van der Waals surface area contributed by atoms with Gasteiger partial charge < -0.3 is 18.6 Å². The van der Waals surface area contributed by atoms with Crippen LogP contribution in [-0.4, -0.2) is 50.2 Å². The van der Waals surface area contributed by atoms with Crippen LogP contribution >= 0.6 is 15.9 Å². The third-order valence-corrected chi connectivity index (χ3v) is 9.60. The standard InChI is InChI=1S/C16H29BrO6Si/c1-10(18)20-12-8-14(21-11(2)19)22-13(9-17)15(12)23-24(6,7)16(3,4)5/h12-15H,8-9H2,1-7H3/t12-,13-,14?,15+/m1/s1. The van der Waals surface area contributed by atoms with Crippen molar-refractivity contribution in [2.75, 3.05) is 5.33 Å². The maximum absolute atomic E-state index is 11.5. The number of hydrogen-bond acceptors (Lipinski definition) is 6. The van der Waals surface area contributed by atoms with E-state index in [2.05, 4.69) is 49.8 Å². The van der Waals surface area contributed by atoms with Crippen molar-refractivity contribution in [1.82, 2.24) is 0 Å². The average Bonchev–Trinajstić information content (AvgIpc) is 2.38. The van der Waals surface area contributed by atoms with Gasteiger partial charge in [0.15, 0.2) is 8.32 Å². The number of alkyl halides is 1. The summed E-state index contributed by atoms with van der Waals surface area (Å²) in [6.07, 6.45) is -1.77. The first-order valence-corrected chi connectivity index (χ1v) is 12.1. The van der Waals surface area contributed by atoms with Crippen LogP contribution < -0.4 is 0 Å². The summed E-state index contributed by atoms with van der Waals surface area (Å²) in [6.45, 7) is 13.4. The molecular weight excluding hydrogens is 396 g/mol. The molecule has 0 bridgehead atoms. The summed E-state index contributed by atoms with van der Waals surface area (Å²) >= 11 is 3.43. The highest BCUT2D eigenvalue weighted by Gasteiger charge is 2.48. The van der Waals surface area contributed by atoms with Gasteiger partial charge in [-0.2, -0.15) is 0 Å². The number of hydrogen-bond donors (Lipinski definition) is 0. The Labute approximate surface area is 153 Å². The zero-order valence-electron chi connectivity index (χ0n) is 15.6. The highest BCUT2D eigenvalue weighted by molar-refractivity contribution is 9.09. The van der Waals surface area contributed by atoms with Gasteiger partial charge in [0.25, 0.3) is 0 Å². The molecule has 0 N–H and O–H groups in total. The van der Waals surface area contributed by atoms with Gasteiger partial charge in [0.2, 0.25) is 6.29 Å². The minimum atomic E-state index is -2.10. The van der Waals surface area contributed by atoms with E-state index in [0.717, 1.165) is 0 Å². The summed E-state index contributed by atoms with van der Waals surface area (Å²) in [5.41, 5.74) is 0. The van der Waals surface area contributed by atoms with Crippen LogP contribution in [0.25, 0.3) is 0 Å². The van der Waals surface area contributed by atoms with Crippen LogP contribution in [0.2, 0.25) is 18.1 Å². The molecule has 1 unspecified atom stereocenters. The summed E-state index contributed by atoms with van der Waals surface area (Å²) in [4.78, 5) is 22.7. The van der Waals surface area contributed by atoms with Gasteiger partial charge >= 0.3 is 11.9 Å². The Balaban J connectivity index is 3.03. The fraction of sp³-hybridized carbons (Fsp3) is 0.875. The molecule has 140 valence electrons. The zero-order chi connectivity index (χ0) is 18.7. The molecule has 8 heteroatoms. The van der Waals surface area contributed by atoms with Crippen LogP contribution in [0.5, 0.6) is 0 Å². The van der Waals surface area contributed by atoms with E-state index in [1.54, 1.807) is 0 Å². The van der Waals surface area contributed by atoms with Crippen LogP contribution in [0.4, 0.5) is 0 Å². The fourth-order valence-corrected chi connectivity index (χ4v) is 4.13. The largest absolute Gasteiger partial charge is 0.459 e. The summed E-state index contributed by atoms with van der Waals surface area (Å²) in [7, 11) is -2.10. The molecule has 0 aromatic rings. The van der Waals surface area contributed by atoms with Crippen molar-refractivity contribution in [2.24, 2.45) is 0 Å². The molecule has 0 aromatic carbocycles. The van der Waals surface area contributed by atoms with Crippen molar-refractivity contribution >= 4 is 36.2 Å².